The molecule has 1 amide bonds. The van der Waals surface area contributed by atoms with E-state index < -0.39 is 0 Å². The number of thiocarbonyl (C=S) groups is 1. The van der Waals surface area contributed by atoms with Gasteiger partial charge in [-0.05, 0) is 52.9 Å². The molecule has 2 aromatic rings. The molecule has 0 radical (unpaired) electrons. The highest BCUT2D eigenvalue weighted by Crippen LogP contribution is 2.24. The predicted molar refractivity (Wildman–Crippen MR) is 99.2 cm³/mol. The minimum Gasteiger partial charge on any atom is -0.389 e. The van der Waals surface area contributed by atoms with Gasteiger partial charge in [-0.1, -0.05) is 36.0 Å². The first kappa shape index (κ1) is 16.2. The number of carbonyl (C=O) groups excluding carboxylic acids is 1. The molecule has 3 nitrogen and oxygen atoms in total. The second-order valence-electron chi connectivity index (χ2n) is 4.37. The molecule has 0 aliphatic rings. The van der Waals surface area contributed by atoms with Gasteiger partial charge in [0.05, 0.1) is 10.7 Å². The molecule has 0 bridgehead atoms. The lowest BCUT2D eigenvalue weighted by Crippen LogP contribution is -2.28. The molecule has 0 spiro atoms. The monoisotopic (exact) mass is 430 g/mol. The highest BCUT2D eigenvalue weighted by atomic mass is 127. The molecule has 0 heterocycles. The van der Waals surface area contributed by atoms with Gasteiger partial charge in [-0.15, -0.1) is 0 Å². The SMILES string of the molecule is CN(C(=O)c1ccc(I)c(Cl)c1)c1ccccc1C(N)=S. The molecule has 0 atom stereocenters. The Morgan fingerprint density at radius 1 is 1.29 bits per heavy atom. The summed E-state index contributed by atoms with van der Waals surface area (Å²) in [6.07, 6.45) is 0. The van der Waals surface area contributed by atoms with Crippen LogP contribution in [0.3, 0.4) is 0 Å². The van der Waals surface area contributed by atoms with E-state index in [1.54, 1.807) is 31.3 Å². The lowest BCUT2D eigenvalue weighted by atomic mass is 10.1. The first-order valence-electron chi connectivity index (χ1n) is 6.03. The number of halogens is 2. The summed E-state index contributed by atoms with van der Waals surface area (Å²) in [6, 6.07) is 12.5. The fraction of sp³-hybridized carbons (Fsp3) is 0.0667. The summed E-state index contributed by atoms with van der Waals surface area (Å²) in [5, 5.41) is 0.553. The van der Waals surface area contributed by atoms with Crippen LogP contribution < -0.4 is 10.6 Å². The number of nitrogens with two attached hydrogens (primary N) is 1. The van der Waals surface area contributed by atoms with Crippen LogP contribution in [0.4, 0.5) is 5.69 Å². The van der Waals surface area contributed by atoms with Crippen molar-refractivity contribution in [1.82, 2.24) is 0 Å². The maximum Gasteiger partial charge on any atom is 0.258 e. The van der Waals surface area contributed by atoms with Crippen molar-refractivity contribution in [3.05, 3.63) is 62.2 Å². The minimum atomic E-state index is -0.169. The second-order valence-corrected chi connectivity index (χ2v) is 6.38. The third kappa shape index (κ3) is 3.53. The van der Waals surface area contributed by atoms with E-state index in [0.29, 0.717) is 21.8 Å². The van der Waals surface area contributed by atoms with Crippen molar-refractivity contribution in [3.63, 3.8) is 0 Å². The van der Waals surface area contributed by atoms with E-state index in [-0.39, 0.29) is 10.9 Å². The topological polar surface area (TPSA) is 46.3 Å². The van der Waals surface area contributed by atoms with Crippen LogP contribution in [-0.4, -0.2) is 17.9 Å². The van der Waals surface area contributed by atoms with Crippen molar-refractivity contribution >= 4 is 63.0 Å². The van der Waals surface area contributed by atoms with Gasteiger partial charge in [-0.2, -0.15) is 0 Å². The van der Waals surface area contributed by atoms with Crippen LogP contribution in [0.1, 0.15) is 15.9 Å². The molecule has 2 rings (SSSR count). The summed E-state index contributed by atoms with van der Waals surface area (Å²) >= 11 is 13.2. The number of benzene rings is 2. The van der Waals surface area contributed by atoms with Crippen LogP contribution in [0.5, 0.6) is 0 Å². The maximum atomic E-state index is 12.6. The molecule has 6 heteroatoms. The van der Waals surface area contributed by atoms with Gasteiger partial charge in [0.1, 0.15) is 4.99 Å². The Labute approximate surface area is 147 Å². The maximum absolute atomic E-state index is 12.6. The smallest absolute Gasteiger partial charge is 0.258 e. The number of amides is 1. The van der Waals surface area contributed by atoms with Gasteiger partial charge in [0, 0.05) is 21.7 Å². The summed E-state index contributed by atoms with van der Waals surface area (Å²) in [6.45, 7) is 0. The number of nitrogens with zero attached hydrogens (tertiary/aromatic N) is 1. The Bertz CT molecular complexity index is 721. The second kappa shape index (κ2) is 6.72. The number of rotatable bonds is 3. The molecule has 108 valence electrons. The lowest BCUT2D eigenvalue weighted by Gasteiger charge is -2.20. The summed E-state index contributed by atoms with van der Waals surface area (Å²) in [5.74, 6) is -0.169. The molecule has 2 aromatic carbocycles. The first-order valence-corrected chi connectivity index (χ1v) is 7.90. The Morgan fingerprint density at radius 2 is 1.95 bits per heavy atom. The molecule has 0 aromatic heterocycles. The number of hydrogen-bond acceptors (Lipinski definition) is 2. The molecular weight excluding hydrogens is 419 g/mol. The minimum absolute atomic E-state index is 0.169. The van der Waals surface area contributed by atoms with E-state index in [1.807, 2.05) is 18.2 Å². The molecule has 2 N–H and O–H groups in total. The third-order valence-corrected chi connectivity index (χ3v) is 4.79. The van der Waals surface area contributed by atoms with E-state index >= 15 is 0 Å². The van der Waals surface area contributed by atoms with Gasteiger partial charge in [-0.25, -0.2) is 0 Å². The van der Waals surface area contributed by atoms with Gasteiger partial charge in [-0.3, -0.25) is 4.79 Å². The number of carbonyl (C=O) groups is 1. The predicted octanol–water partition coefficient (Wildman–Crippen LogP) is 3.86. The third-order valence-electron chi connectivity index (χ3n) is 3.00. The average Bonchev–Trinajstić information content (AvgIpc) is 2.48. The number of anilines is 1. The van der Waals surface area contributed by atoms with E-state index in [2.05, 4.69) is 22.6 Å². The Morgan fingerprint density at radius 3 is 2.57 bits per heavy atom. The summed E-state index contributed by atoms with van der Waals surface area (Å²) in [4.78, 5) is 14.3. The van der Waals surface area contributed by atoms with E-state index in [1.165, 1.54) is 4.90 Å². The highest BCUT2D eigenvalue weighted by molar-refractivity contribution is 14.1. The quantitative estimate of drug-likeness (QED) is 0.594. The zero-order valence-electron chi connectivity index (χ0n) is 11.1. The van der Waals surface area contributed by atoms with E-state index in [0.717, 1.165) is 3.57 Å². The van der Waals surface area contributed by atoms with Gasteiger partial charge in [0.15, 0.2) is 0 Å². The van der Waals surface area contributed by atoms with Crippen LogP contribution in [0, 0.1) is 3.57 Å². The zero-order valence-corrected chi connectivity index (χ0v) is 14.9. The van der Waals surface area contributed by atoms with Crippen LogP contribution >= 0.6 is 46.4 Å². The molecule has 0 saturated carbocycles. The number of hydrogen-bond donors (Lipinski definition) is 1. The molecule has 0 aliphatic heterocycles. The van der Waals surface area contributed by atoms with Crippen LogP contribution in [-0.2, 0) is 0 Å². The fourth-order valence-corrected chi connectivity index (χ4v) is 2.60. The van der Waals surface area contributed by atoms with Gasteiger partial charge in [0.2, 0.25) is 0 Å². The van der Waals surface area contributed by atoms with Crippen LogP contribution in [0.15, 0.2) is 42.5 Å². The zero-order chi connectivity index (χ0) is 15.6. The van der Waals surface area contributed by atoms with Crippen molar-refractivity contribution in [3.8, 4) is 0 Å². The van der Waals surface area contributed by atoms with E-state index in [9.17, 15) is 4.79 Å². The summed E-state index contributed by atoms with van der Waals surface area (Å²) in [7, 11) is 1.69. The van der Waals surface area contributed by atoms with Crippen LogP contribution in [0.2, 0.25) is 5.02 Å². The Kier molecular flexibility index (Phi) is 5.18. The molecule has 0 saturated heterocycles. The van der Waals surface area contributed by atoms with Gasteiger partial charge in [0.25, 0.3) is 5.91 Å². The Balaban J connectivity index is 2.40. The standard InChI is InChI=1S/C15H12ClIN2OS/c1-19(13-5-3-2-4-10(13)14(18)21)15(20)9-6-7-12(17)11(16)8-9/h2-8H,1H3,(H2,18,21). The molecule has 21 heavy (non-hydrogen) atoms. The fourth-order valence-electron chi connectivity index (χ4n) is 1.91. The highest BCUT2D eigenvalue weighted by Gasteiger charge is 2.17. The summed E-state index contributed by atoms with van der Waals surface area (Å²) < 4.78 is 0.900. The first-order chi connectivity index (χ1) is 9.91. The van der Waals surface area contributed by atoms with Crippen LogP contribution in [0.25, 0.3) is 0 Å². The lowest BCUT2D eigenvalue weighted by molar-refractivity contribution is 0.0993. The van der Waals surface area contributed by atoms with Crippen molar-refractivity contribution in [2.24, 2.45) is 5.73 Å². The van der Waals surface area contributed by atoms with Crippen molar-refractivity contribution in [2.45, 2.75) is 0 Å². The molecule has 0 aliphatic carbocycles. The molecular formula is C15H12ClIN2OS. The van der Waals surface area contributed by atoms with Gasteiger partial charge < -0.3 is 10.6 Å². The van der Waals surface area contributed by atoms with Gasteiger partial charge >= 0.3 is 0 Å². The van der Waals surface area contributed by atoms with Crippen molar-refractivity contribution in [2.75, 3.05) is 11.9 Å². The average molecular weight is 431 g/mol. The Hall–Kier alpha value is -1.18. The molecule has 0 fully saturated rings. The molecule has 0 unspecified atom stereocenters. The largest absolute Gasteiger partial charge is 0.389 e. The van der Waals surface area contributed by atoms with Crippen molar-refractivity contribution in [1.29, 1.82) is 0 Å². The summed E-state index contributed by atoms with van der Waals surface area (Å²) in [5.41, 5.74) is 7.56. The van der Waals surface area contributed by atoms with E-state index in [4.69, 9.17) is 29.6 Å². The number of para-hydroxylation sites is 1. The van der Waals surface area contributed by atoms with Crippen molar-refractivity contribution < 1.29 is 4.79 Å². The normalized spacial score (nSPS) is 10.2.